The van der Waals surface area contributed by atoms with Crippen LogP contribution in [0.4, 0.5) is 11.5 Å². The first-order chi connectivity index (χ1) is 16.7. The minimum Gasteiger partial charge on any atom is -0.493 e. The molecule has 4 aromatic rings. The summed E-state index contributed by atoms with van der Waals surface area (Å²) in [4.78, 5) is 23.8. The molecule has 10 nitrogen and oxygen atoms in total. The normalized spacial score (nSPS) is 14.5. The molecule has 1 aliphatic heterocycles. The van der Waals surface area contributed by atoms with E-state index in [0.29, 0.717) is 35.0 Å². The van der Waals surface area contributed by atoms with Gasteiger partial charge in [-0.15, -0.1) is 0 Å². The summed E-state index contributed by atoms with van der Waals surface area (Å²) >= 11 is 0. The van der Waals surface area contributed by atoms with Crippen LogP contribution in [0.25, 0.3) is 22.0 Å². The van der Waals surface area contributed by atoms with Crippen molar-refractivity contribution in [3.8, 4) is 11.5 Å². The molecule has 0 unspecified atom stereocenters. The minimum absolute atomic E-state index is 0.366. The molecule has 0 saturated carbocycles. The average molecular weight is 466 g/mol. The van der Waals surface area contributed by atoms with Gasteiger partial charge in [-0.05, 0) is 24.6 Å². The van der Waals surface area contributed by atoms with Gasteiger partial charge in [0.25, 0.3) is 0 Å². The molecule has 5 rings (SSSR count). The molecule has 0 spiro atoms. The molecule has 0 amide bonds. The maximum Gasteiger partial charge on any atom is 0.419 e. The highest BCUT2D eigenvalue weighted by Crippen LogP contribution is 2.32. The molecule has 1 N–H and O–H groups in total. The van der Waals surface area contributed by atoms with Gasteiger partial charge in [0.05, 0.1) is 38.5 Å². The van der Waals surface area contributed by atoms with Crippen LogP contribution in [0.1, 0.15) is 6.42 Å². The van der Waals surface area contributed by atoms with Crippen molar-refractivity contribution in [1.82, 2.24) is 19.4 Å². The number of nitrogens with one attached hydrogen (secondary N) is 1. The Hall–Kier alpha value is -3.63. The lowest BCUT2D eigenvalue weighted by Crippen LogP contribution is -2.37. The lowest BCUT2D eigenvalue weighted by Gasteiger charge is -2.26. The Labute approximate surface area is 196 Å². The van der Waals surface area contributed by atoms with Crippen molar-refractivity contribution >= 4 is 33.5 Å². The van der Waals surface area contributed by atoms with Gasteiger partial charge in [0.1, 0.15) is 12.1 Å². The number of hydrogen-bond acceptors (Lipinski definition) is 9. The fourth-order valence-corrected chi connectivity index (χ4v) is 4.25. The van der Waals surface area contributed by atoms with Crippen LogP contribution in [0, 0.1) is 0 Å². The van der Waals surface area contributed by atoms with E-state index in [4.69, 9.17) is 18.6 Å². The number of aromatic nitrogens is 3. The third kappa shape index (κ3) is 4.42. The fraction of sp³-hybridized carbons (Fsp3) is 0.375. The van der Waals surface area contributed by atoms with E-state index in [1.54, 1.807) is 24.9 Å². The predicted molar refractivity (Wildman–Crippen MR) is 128 cm³/mol. The Balaban J connectivity index is 1.44. The molecule has 1 aliphatic rings. The molecule has 3 heterocycles. The van der Waals surface area contributed by atoms with E-state index in [0.717, 1.165) is 55.9 Å². The van der Waals surface area contributed by atoms with E-state index in [1.165, 1.54) is 6.33 Å². The maximum atomic E-state index is 12.6. The van der Waals surface area contributed by atoms with Gasteiger partial charge < -0.3 is 23.9 Å². The van der Waals surface area contributed by atoms with Crippen LogP contribution in [0.15, 0.2) is 45.9 Å². The van der Waals surface area contributed by atoms with Crippen LogP contribution < -0.4 is 20.5 Å². The number of ether oxygens (including phenoxy) is 3. The van der Waals surface area contributed by atoms with Gasteiger partial charge in [-0.3, -0.25) is 9.47 Å². The van der Waals surface area contributed by atoms with Crippen LogP contribution in [0.3, 0.4) is 0 Å². The third-order valence-corrected chi connectivity index (χ3v) is 6.03. The summed E-state index contributed by atoms with van der Waals surface area (Å²) in [5.74, 6) is 1.50. The first kappa shape index (κ1) is 22.2. The summed E-state index contributed by atoms with van der Waals surface area (Å²) in [7, 11) is 3.19. The monoisotopic (exact) mass is 465 g/mol. The summed E-state index contributed by atoms with van der Waals surface area (Å²) in [5, 5.41) is 4.11. The zero-order valence-corrected chi connectivity index (χ0v) is 19.2. The molecule has 178 valence electrons. The van der Waals surface area contributed by atoms with Crippen LogP contribution >= 0.6 is 0 Å². The zero-order valence-electron chi connectivity index (χ0n) is 19.2. The van der Waals surface area contributed by atoms with E-state index in [1.807, 2.05) is 24.3 Å². The molecule has 2 aromatic heterocycles. The fourth-order valence-electron chi connectivity index (χ4n) is 4.25. The lowest BCUT2D eigenvalue weighted by atomic mass is 10.2. The molecule has 34 heavy (non-hydrogen) atoms. The van der Waals surface area contributed by atoms with E-state index < -0.39 is 0 Å². The second-order valence-electron chi connectivity index (χ2n) is 8.08. The smallest absolute Gasteiger partial charge is 0.419 e. The Morgan fingerprint density at radius 2 is 1.85 bits per heavy atom. The number of rotatable bonds is 8. The summed E-state index contributed by atoms with van der Waals surface area (Å²) in [6, 6.07) is 9.24. The number of morpholine rings is 1. The number of oxazole rings is 1. The molecule has 0 bridgehead atoms. The van der Waals surface area contributed by atoms with E-state index in [2.05, 4.69) is 20.2 Å². The molecule has 0 aliphatic carbocycles. The van der Waals surface area contributed by atoms with Crippen LogP contribution in [-0.2, 0) is 11.3 Å². The first-order valence-electron chi connectivity index (χ1n) is 11.2. The predicted octanol–water partition coefficient (Wildman–Crippen LogP) is 3.02. The lowest BCUT2D eigenvalue weighted by molar-refractivity contribution is 0.0369. The van der Waals surface area contributed by atoms with Gasteiger partial charge in [0.2, 0.25) is 0 Å². The molecule has 0 atom stereocenters. The molecular formula is C24H27N5O5. The Morgan fingerprint density at radius 3 is 2.65 bits per heavy atom. The van der Waals surface area contributed by atoms with Gasteiger partial charge >= 0.3 is 5.76 Å². The van der Waals surface area contributed by atoms with Crippen LogP contribution in [-0.4, -0.2) is 66.5 Å². The Bertz CT molecular complexity index is 1360. The minimum atomic E-state index is -0.366. The highest BCUT2D eigenvalue weighted by Gasteiger charge is 2.15. The number of methoxy groups -OCH3 is 2. The molecule has 2 aromatic carbocycles. The highest BCUT2D eigenvalue weighted by molar-refractivity contribution is 5.98. The third-order valence-electron chi connectivity index (χ3n) is 6.03. The van der Waals surface area contributed by atoms with Gasteiger partial charge in [0, 0.05) is 49.4 Å². The number of hydrogen-bond donors (Lipinski definition) is 1. The number of fused-ring (bicyclic) bond motifs is 2. The molecule has 10 heteroatoms. The van der Waals surface area contributed by atoms with Gasteiger partial charge in [-0.1, -0.05) is 0 Å². The largest absolute Gasteiger partial charge is 0.493 e. The van der Waals surface area contributed by atoms with Gasteiger partial charge in [0.15, 0.2) is 17.1 Å². The molecule has 1 fully saturated rings. The Kier molecular flexibility index (Phi) is 6.33. The van der Waals surface area contributed by atoms with Gasteiger partial charge in [-0.25, -0.2) is 14.8 Å². The van der Waals surface area contributed by atoms with Crippen molar-refractivity contribution in [2.45, 2.75) is 13.0 Å². The molecule has 1 saturated heterocycles. The van der Waals surface area contributed by atoms with Crippen molar-refractivity contribution in [3.05, 3.63) is 47.2 Å². The van der Waals surface area contributed by atoms with Crippen LogP contribution in [0.2, 0.25) is 0 Å². The van der Waals surface area contributed by atoms with Crippen molar-refractivity contribution < 1.29 is 18.6 Å². The van der Waals surface area contributed by atoms with Gasteiger partial charge in [-0.2, -0.15) is 0 Å². The second kappa shape index (κ2) is 9.70. The van der Waals surface area contributed by atoms with Crippen molar-refractivity contribution in [3.63, 3.8) is 0 Å². The van der Waals surface area contributed by atoms with Crippen molar-refractivity contribution in [2.75, 3.05) is 52.4 Å². The van der Waals surface area contributed by atoms with E-state index >= 15 is 0 Å². The number of nitrogens with zero attached hydrogens (tertiary/aromatic N) is 4. The number of benzene rings is 2. The summed E-state index contributed by atoms with van der Waals surface area (Å²) in [6.07, 6.45) is 2.32. The summed E-state index contributed by atoms with van der Waals surface area (Å²) in [6.45, 7) is 4.85. The number of anilines is 2. The van der Waals surface area contributed by atoms with Crippen molar-refractivity contribution in [1.29, 1.82) is 0 Å². The highest BCUT2D eigenvalue weighted by atomic mass is 16.5. The average Bonchev–Trinajstić information content (AvgIpc) is 3.17. The molecular weight excluding hydrogens is 438 g/mol. The first-order valence-corrected chi connectivity index (χ1v) is 11.2. The van der Waals surface area contributed by atoms with Crippen LogP contribution in [0.5, 0.6) is 11.5 Å². The zero-order chi connectivity index (χ0) is 23.5. The quantitative estimate of drug-likeness (QED) is 0.420. The maximum absolute atomic E-state index is 12.6. The van der Waals surface area contributed by atoms with E-state index in [-0.39, 0.29) is 5.76 Å². The summed E-state index contributed by atoms with van der Waals surface area (Å²) in [5.41, 5.74) is 2.71. The number of aryl methyl sites for hydroxylation is 1. The molecule has 0 radical (unpaired) electrons. The summed E-state index contributed by atoms with van der Waals surface area (Å²) < 4.78 is 23.3. The SMILES string of the molecule is COc1ccc(Nc2ncnc3cc4oc(=O)n(CCCN5CCOCC5)c4cc23)cc1OC. The Morgan fingerprint density at radius 1 is 1.03 bits per heavy atom. The van der Waals surface area contributed by atoms with Crippen molar-refractivity contribution in [2.24, 2.45) is 0 Å². The topological polar surface area (TPSA) is 104 Å². The van der Waals surface area contributed by atoms with E-state index in [9.17, 15) is 4.79 Å². The standard InChI is InChI=1S/C24H27N5O5/c1-31-20-5-4-16(12-22(20)32-2)27-23-17-13-19-21(14-18(17)25-15-26-23)34-24(30)29(19)7-3-6-28-8-10-33-11-9-28/h4-5,12-15H,3,6-11H2,1-2H3,(H,25,26,27). The second-order valence-corrected chi connectivity index (χ2v) is 8.08.